The Bertz CT molecular complexity index is 3400. The molecule has 1 fully saturated rings. The van der Waals surface area contributed by atoms with E-state index in [0.29, 0.717) is 31.6 Å². The fourth-order valence-electron chi connectivity index (χ4n) is 12.4. The van der Waals surface area contributed by atoms with Crippen molar-refractivity contribution in [1.82, 2.24) is 30.4 Å². The van der Waals surface area contributed by atoms with Crippen molar-refractivity contribution in [3.8, 4) is 16.2 Å². The number of benzene rings is 5. The first-order chi connectivity index (χ1) is 41.5. The molecule has 13 nitrogen and oxygen atoms in total. The average Bonchev–Trinajstić information content (AvgIpc) is 1.77. The first-order valence-corrected chi connectivity index (χ1v) is 33.0. The summed E-state index contributed by atoms with van der Waals surface area (Å²) in [6.45, 7) is 14.0. The summed E-state index contributed by atoms with van der Waals surface area (Å²) >= 11 is 1.56. The molecule has 0 aliphatic carbocycles. The van der Waals surface area contributed by atoms with E-state index in [1.807, 2.05) is 165 Å². The number of nitrogens with zero attached hydrogens (tertiary/aromatic N) is 3. The van der Waals surface area contributed by atoms with E-state index < -0.39 is 97.5 Å². The Morgan fingerprint density at radius 3 is 2.08 bits per heavy atom. The van der Waals surface area contributed by atoms with Crippen molar-refractivity contribution in [2.24, 2.45) is 5.41 Å². The minimum Gasteiger partial charge on any atom is -0.493 e. The highest BCUT2D eigenvalue weighted by Gasteiger charge is 2.53. The Morgan fingerprint density at radius 1 is 0.839 bits per heavy atom. The Labute approximate surface area is 513 Å². The van der Waals surface area contributed by atoms with E-state index in [2.05, 4.69) is 20.6 Å². The van der Waals surface area contributed by atoms with E-state index in [9.17, 15) is 19.5 Å². The molecular weight excluding hydrogens is 1150 g/mol. The van der Waals surface area contributed by atoms with Crippen LogP contribution in [0, 0.1) is 24.0 Å². The zero-order chi connectivity index (χ0) is 62.3. The molecule has 9 rings (SSSR count). The van der Waals surface area contributed by atoms with Gasteiger partial charge in [0.1, 0.15) is 36.1 Å². The number of likely N-dealkylation sites (tertiary alicyclic amines) is 1. The van der Waals surface area contributed by atoms with Crippen LogP contribution in [0.15, 0.2) is 127 Å². The molecule has 1 saturated heterocycles. The van der Waals surface area contributed by atoms with Crippen LogP contribution in [0.3, 0.4) is 0 Å². The minimum absolute atomic E-state index is 0.00768. The van der Waals surface area contributed by atoms with Gasteiger partial charge in [0.25, 0.3) is 14.2 Å². The number of hydrogen-bond donors (Lipinski definition) is 4. The zero-order valence-corrected chi connectivity index (χ0v) is 52.9. The van der Waals surface area contributed by atoms with Gasteiger partial charge in [-0.15, -0.1) is 11.3 Å². The van der Waals surface area contributed by atoms with Gasteiger partial charge in [-0.3, -0.25) is 19.3 Å². The van der Waals surface area contributed by atoms with Crippen molar-refractivity contribution < 1.29 is 51.0 Å². The second-order valence-electron chi connectivity index (χ2n) is 25.4. The lowest BCUT2D eigenvalue weighted by Crippen LogP contribution is -2.67. The Kier molecular flexibility index (Phi) is 20.6. The summed E-state index contributed by atoms with van der Waals surface area (Å²) in [7, 11) is -3.37. The van der Waals surface area contributed by atoms with E-state index in [0.717, 1.165) is 79.9 Å². The van der Waals surface area contributed by atoms with Crippen LogP contribution in [0.4, 0.5) is 17.6 Å². The summed E-state index contributed by atoms with van der Waals surface area (Å²) in [6.07, 6.45) is 3.11. The maximum atomic E-state index is 17.0. The van der Waals surface area contributed by atoms with Crippen LogP contribution in [0.5, 0.6) is 5.75 Å². The maximum Gasteiger partial charge on any atom is 0.282 e. The van der Waals surface area contributed by atoms with E-state index in [-0.39, 0.29) is 44.0 Å². The highest BCUT2D eigenvalue weighted by atomic mass is 32.1. The molecule has 1 unspecified atom stereocenters. The Hall–Kier alpha value is -6.74. The molecule has 2 aliphatic rings. The number of aromatic amines is 1. The number of aryl methyl sites for hydroxylation is 1. The number of para-hydroxylation sites is 1. The van der Waals surface area contributed by atoms with Gasteiger partial charge in [0, 0.05) is 66.5 Å². The number of rotatable bonds is 25. The molecule has 2 aromatic heterocycles. The zero-order valence-electron chi connectivity index (χ0n) is 51.1. The van der Waals surface area contributed by atoms with Crippen LogP contribution in [-0.4, -0.2) is 121 Å². The number of thiazole rings is 1. The first-order valence-electron chi connectivity index (χ1n) is 30.2. The molecule has 0 radical (unpaired) electrons. The average molecular weight is 1230 g/mol. The van der Waals surface area contributed by atoms with E-state index >= 15 is 17.6 Å². The van der Waals surface area contributed by atoms with Crippen molar-refractivity contribution >= 4 is 58.7 Å². The Morgan fingerprint density at radius 2 is 1.46 bits per heavy atom. The van der Waals surface area contributed by atoms with Crippen molar-refractivity contribution in [3.05, 3.63) is 167 Å². The number of H-pyrrole nitrogens is 1. The first kappa shape index (κ1) is 64.7. The number of β-amino-alcohol motifs (C(OH)–C–C–N with tert-alkyl or cyclic N) is 1. The van der Waals surface area contributed by atoms with E-state index in [1.165, 1.54) is 9.80 Å². The number of hydrogen-bond acceptors (Lipinski definition) is 10. The number of nitrogens with one attached hydrogen (secondary N) is 3. The molecule has 4 N–H and O–H groups in total. The Balaban J connectivity index is 0.752. The molecular formula is C68H82F4N6O7SSi. The second-order valence-corrected chi connectivity index (χ2v) is 30.6. The molecule has 7 aromatic rings. The number of carbonyl (C=O) groups excluding carboxylic acids is 3. The molecule has 87 heavy (non-hydrogen) atoms. The predicted octanol–water partition coefficient (Wildman–Crippen LogP) is 11.6. The number of ether oxygens (including phenoxy) is 2. The van der Waals surface area contributed by atoms with E-state index in [4.69, 9.17) is 13.9 Å². The topological polar surface area (TPSA) is 158 Å². The molecule has 3 amide bonds. The van der Waals surface area contributed by atoms with Gasteiger partial charge in [-0.1, -0.05) is 164 Å². The van der Waals surface area contributed by atoms with Gasteiger partial charge in [0.15, 0.2) is 0 Å². The summed E-state index contributed by atoms with van der Waals surface area (Å²) in [5, 5.41) is 18.4. The van der Waals surface area contributed by atoms with Crippen LogP contribution in [0.25, 0.3) is 21.3 Å². The number of carbonyl (C=O) groups is 3. The monoisotopic (exact) mass is 1230 g/mol. The quantitative estimate of drug-likeness (QED) is 0.0248. The van der Waals surface area contributed by atoms with Crippen molar-refractivity contribution in [3.63, 3.8) is 0 Å². The minimum atomic E-state index is -3.45. The van der Waals surface area contributed by atoms with Gasteiger partial charge in [-0.2, -0.15) is 0 Å². The lowest BCUT2D eigenvalue weighted by Gasteiger charge is -2.45. The molecule has 0 saturated carbocycles. The van der Waals surface area contributed by atoms with E-state index in [1.54, 1.807) is 16.8 Å². The van der Waals surface area contributed by atoms with Gasteiger partial charge in [0.05, 0.1) is 48.0 Å². The third-order valence-electron chi connectivity index (χ3n) is 16.8. The van der Waals surface area contributed by atoms with Crippen LogP contribution in [0.2, 0.25) is 5.04 Å². The fraction of sp³-hybridized carbons (Fsp3) is 0.441. The third kappa shape index (κ3) is 15.1. The summed E-state index contributed by atoms with van der Waals surface area (Å²) in [5.74, 6) is -6.61. The lowest BCUT2D eigenvalue weighted by molar-refractivity contribution is -0.144. The number of amides is 3. The highest BCUT2D eigenvalue weighted by Crippen LogP contribution is 2.45. The maximum absolute atomic E-state index is 17.0. The number of aliphatic hydroxyl groups is 1. The van der Waals surface area contributed by atoms with Crippen molar-refractivity contribution in [2.75, 3.05) is 39.5 Å². The van der Waals surface area contributed by atoms with Gasteiger partial charge in [0.2, 0.25) is 17.7 Å². The van der Waals surface area contributed by atoms with Crippen molar-refractivity contribution in [1.29, 1.82) is 0 Å². The number of unbranched alkanes of at least 4 members (excludes halogenated alkanes) is 4. The molecule has 4 heterocycles. The number of halogens is 4. The largest absolute Gasteiger partial charge is 0.493 e. The molecule has 5 aromatic carbocycles. The summed E-state index contributed by atoms with van der Waals surface area (Å²) in [6, 6.07) is 33.1. The third-order valence-corrected chi connectivity index (χ3v) is 22.8. The molecule has 2 aliphatic heterocycles. The van der Waals surface area contributed by atoms with Crippen molar-refractivity contribution in [2.45, 2.75) is 148 Å². The van der Waals surface area contributed by atoms with Gasteiger partial charge >= 0.3 is 0 Å². The van der Waals surface area contributed by atoms with Crippen LogP contribution in [0.1, 0.15) is 121 Å². The van der Waals surface area contributed by atoms with Crippen LogP contribution in [-0.2, 0) is 36.5 Å². The molecule has 464 valence electrons. The fourth-order valence-corrected chi connectivity index (χ4v) is 17.8. The summed E-state index contributed by atoms with van der Waals surface area (Å²) in [5.41, 5.74) is 5.63. The van der Waals surface area contributed by atoms with Crippen LogP contribution >= 0.6 is 11.3 Å². The SMILES string of the molecule is Cc1ncsc1-c1ccc(CNC(=O)[C@@H]2C[C@@H](O)CN2C(=O)C(NC(=O)COCCCCCCCOc2cc(F)c([C@@H]3c4[nH]c5ccccc5c4C[C@@H](C)N3CC(F)(F)CO[Si](c3ccccc3)(c3ccccc3)C(C)(C)C)c(F)c2)C(C)(C)C)cc1. The van der Waals surface area contributed by atoms with Gasteiger partial charge < -0.3 is 39.5 Å². The summed E-state index contributed by atoms with van der Waals surface area (Å²) in [4.78, 5) is 52.5. The number of aromatic nitrogens is 2. The van der Waals surface area contributed by atoms with Gasteiger partial charge in [-0.05, 0) is 76.7 Å². The molecule has 0 bridgehead atoms. The smallest absolute Gasteiger partial charge is 0.282 e. The summed E-state index contributed by atoms with van der Waals surface area (Å²) < 4.78 is 85.9. The van der Waals surface area contributed by atoms with Gasteiger partial charge in [-0.25, -0.2) is 22.5 Å². The second kappa shape index (κ2) is 27.7. The predicted molar refractivity (Wildman–Crippen MR) is 336 cm³/mol. The number of fused-ring (bicyclic) bond motifs is 3. The standard InChI is InChI=1S/C68H82F4N6O7SSi/c1-44-34-53-52-26-18-19-27-56(52)75-60(53)61(78(44)41-68(71,72)42-85-87(67(6,7)8,50-22-14-12-15-23-50)51-24-16-13-17-25-51)59-54(69)36-49(37-55(59)70)84-33-21-11-9-10-20-32-83-40-58(80)76-63(66(3,4)5)65(82)77-39-48(79)35-57(77)64(81)73-38-46-28-30-47(31-29-46)62-45(2)74-43-86-62/h12-19,22-31,36-37,43-44,48,57,61,63,75,79H,9-11,20-21,32-35,38-42H2,1-8H3,(H,73,81)(H,76,80)/t44-,48-,57+,61-,63?/m1/s1. The highest BCUT2D eigenvalue weighted by molar-refractivity contribution is 7.13. The molecule has 19 heteroatoms. The number of alkyl halides is 2. The van der Waals surface area contributed by atoms with Crippen LogP contribution < -0.4 is 25.7 Å². The number of aliphatic hydroxyl groups excluding tert-OH is 1. The molecule has 5 atom stereocenters. The molecule has 0 spiro atoms. The lowest BCUT2D eigenvalue weighted by atomic mass is 9.85. The normalized spacial score (nSPS) is 18.0.